The maximum absolute atomic E-state index is 12.8. The molecule has 2 rings (SSSR count). The molecule has 0 aliphatic carbocycles. The van der Waals surface area contributed by atoms with Gasteiger partial charge in [-0.05, 0) is 37.5 Å². The van der Waals surface area contributed by atoms with Gasteiger partial charge < -0.3 is 0 Å². The predicted molar refractivity (Wildman–Crippen MR) is 108 cm³/mol. The Morgan fingerprint density at radius 1 is 1.04 bits per heavy atom. The number of likely N-dealkylation sites (N-methyl/N-ethyl adjacent to an activating group) is 1. The second-order valence-electron chi connectivity index (χ2n) is 7.47. The summed E-state index contributed by atoms with van der Waals surface area (Å²) in [6, 6.07) is 17.1. The minimum atomic E-state index is -0.843. The van der Waals surface area contributed by atoms with Gasteiger partial charge in [0.15, 0.2) is 0 Å². The Hall–Kier alpha value is -2.70. The van der Waals surface area contributed by atoms with Crippen LogP contribution < -0.4 is 0 Å². The van der Waals surface area contributed by atoms with E-state index in [-0.39, 0.29) is 5.91 Å². The molecule has 0 aliphatic rings. The molecule has 1 atom stereocenters. The van der Waals surface area contributed by atoms with Crippen LogP contribution in [0.15, 0.2) is 54.6 Å². The van der Waals surface area contributed by atoms with Gasteiger partial charge in [0.2, 0.25) is 6.41 Å². The van der Waals surface area contributed by atoms with Crippen LogP contribution >= 0.6 is 0 Å². The second kappa shape index (κ2) is 9.48. The fraction of sp³-hybridized carbons (Fsp3) is 0.364. The second-order valence-corrected chi connectivity index (χ2v) is 7.47. The van der Waals surface area contributed by atoms with Crippen LogP contribution in [0.5, 0.6) is 0 Å². The first kappa shape index (κ1) is 21.6. The minimum absolute atomic E-state index is 0.302. The molecule has 2 aromatic rings. The first-order valence-electron chi connectivity index (χ1n) is 9.14. The Morgan fingerprint density at radius 3 is 2.11 bits per heavy atom. The van der Waals surface area contributed by atoms with Crippen molar-refractivity contribution in [1.29, 1.82) is 0 Å². The predicted octanol–water partition coefficient (Wildman–Crippen LogP) is 3.47. The van der Waals surface area contributed by atoms with Gasteiger partial charge in [-0.25, -0.2) is 10.1 Å². The van der Waals surface area contributed by atoms with Crippen LogP contribution in [0.1, 0.15) is 26.3 Å². The van der Waals surface area contributed by atoms with E-state index in [1.165, 1.54) is 14.2 Å². The van der Waals surface area contributed by atoms with E-state index in [1.807, 2.05) is 75.4 Å². The molecule has 28 heavy (non-hydrogen) atoms. The summed E-state index contributed by atoms with van der Waals surface area (Å²) in [5, 5.41) is 2.18. The molecule has 0 aromatic heterocycles. The molecule has 0 spiro atoms. The fourth-order valence-corrected chi connectivity index (χ4v) is 2.75. The van der Waals surface area contributed by atoms with E-state index in [9.17, 15) is 9.59 Å². The number of nitrogens with zero attached hydrogens (tertiary/aromatic N) is 2. The quantitative estimate of drug-likeness (QED) is 0.516. The van der Waals surface area contributed by atoms with E-state index in [0.29, 0.717) is 12.8 Å². The van der Waals surface area contributed by atoms with Crippen LogP contribution in [-0.4, -0.2) is 48.2 Å². The van der Waals surface area contributed by atoms with Crippen molar-refractivity contribution in [3.8, 4) is 11.1 Å². The molecule has 6 nitrogen and oxygen atoms in total. The zero-order valence-corrected chi connectivity index (χ0v) is 17.1. The summed E-state index contributed by atoms with van der Waals surface area (Å²) in [7, 11) is 2.91. The van der Waals surface area contributed by atoms with Crippen molar-refractivity contribution in [1.82, 2.24) is 10.1 Å². The highest BCUT2D eigenvalue weighted by Crippen LogP contribution is 2.21. The third-order valence-electron chi connectivity index (χ3n) is 4.15. The molecule has 2 amide bonds. The summed E-state index contributed by atoms with van der Waals surface area (Å²) in [4.78, 5) is 35.1. The summed E-state index contributed by atoms with van der Waals surface area (Å²) in [5.41, 5.74) is 2.49. The summed E-state index contributed by atoms with van der Waals surface area (Å²) in [6.45, 7) is 5.46. The van der Waals surface area contributed by atoms with Crippen molar-refractivity contribution in [2.24, 2.45) is 0 Å². The molecule has 1 unspecified atom stereocenters. The average molecular weight is 384 g/mol. The summed E-state index contributed by atoms with van der Waals surface area (Å²) in [5.74, 6) is -0.369. The molecule has 0 bridgehead atoms. The van der Waals surface area contributed by atoms with Crippen LogP contribution in [0.25, 0.3) is 11.1 Å². The molecule has 0 saturated heterocycles. The zero-order chi connectivity index (χ0) is 20.7. The Labute approximate surface area is 166 Å². The van der Waals surface area contributed by atoms with Gasteiger partial charge in [-0.3, -0.25) is 19.3 Å². The van der Waals surface area contributed by atoms with Crippen molar-refractivity contribution in [3.63, 3.8) is 0 Å². The summed E-state index contributed by atoms with van der Waals surface area (Å²) >= 11 is 0. The van der Waals surface area contributed by atoms with Crippen molar-refractivity contribution in [3.05, 3.63) is 60.2 Å². The lowest BCUT2D eigenvalue weighted by Crippen LogP contribution is -2.50. The molecule has 6 heteroatoms. The highest BCUT2D eigenvalue weighted by Gasteiger charge is 2.32. The molecule has 2 aromatic carbocycles. The van der Waals surface area contributed by atoms with Crippen LogP contribution in [0.4, 0.5) is 0 Å². The molecule has 150 valence electrons. The van der Waals surface area contributed by atoms with Gasteiger partial charge in [-0.15, -0.1) is 0 Å². The standard InChI is InChI=1S/C22H28N2O4/c1-22(2,3)28-24(16-25)20(21(26)23(4)27-5)15-17-11-13-19(14-12-17)18-9-7-6-8-10-18/h6-14,16,20H,15H2,1-5H3. The van der Waals surface area contributed by atoms with Crippen LogP contribution in [-0.2, 0) is 25.7 Å². The molecule has 0 fully saturated rings. The van der Waals surface area contributed by atoms with Gasteiger partial charge in [-0.1, -0.05) is 54.6 Å². The van der Waals surface area contributed by atoms with E-state index in [4.69, 9.17) is 9.68 Å². The van der Waals surface area contributed by atoms with E-state index in [0.717, 1.165) is 26.8 Å². The van der Waals surface area contributed by atoms with Gasteiger partial charge in [-0.2, -0.15) is 0 Å². The summed E-state index contributed by atoms with van der Waals surface area (Å²) in [6.07, 6.45) is 0.839. The molecule has 0 radical (unpaired) electrons. The van der Waals surface area contributed by atoms with Gasteiger partial charge in [0.25, 0.3) is 5.91 Å². The van der Waals surface area contributed by atoms with E-state index < -0.39 is 11.6 Å². The zero-order valence-electron chi connectivity index (χ0n) is 17.1. The lowest BCUT2D eigenvalue weighted by Gasteiger charge is -2.33. The topological polar surface area (TPSA) is 59.1 Å². The SMILES string of the molecule is CON(C)C(=O)C(Cc1ccc(-c2ccccc2)cc1)N(C=O)OC(C)(C)C. The van der Waals surface area contributed by atoms with Gasteiger partial charge in [0.1, 0.15) is 6.04 Å². The average Bonchev–Trinajstić information content (AvgIpc) is 2.69. The molecule has 0 aliphatic heterocycles. The Bertz CT molecular complexity index is 769. The molecular formula is C22H28N2O4. The third-order valence-corrected chi connectivity index (χ3v) is 4.15. The van der Waals surface area contributed by atoms with Crippen molar-refractivity contribution >= 4 is 12.3 Å². The maximum atomic E-state index is 12.8. The number of rotatable bonds is 8. The Balaban J connectivity index is 2.26. The van der Waals surface area contributed by atoms with Crippen LogP contribution in [0, 0.1) is 0 Å². The molecule has 0 heterocycles. The van der Waals surface area contributed by atoms with Gasteiger partial charge in [0.05, 0.1) is 12.7 Å². The number of carbonyl (C=O) groups is 2. The highest BCUT2D eigenvalue weighted by molar-refractivity contribution is 5.82. The fourth-order valence-electron chi connectivity index (χ4n) is 2.75. The highest BCUT2D eigenvalue weighted by atomic mass is 16.7. The Kier molecular flexibility index (Phi) is 7.31. The number of hydrogen-bond acceptors (Lipinski definition) is 4. The number of hydrogen-bond donors (Lipinski definition) is 0. The largest absolute Gasteiger partial charge is 0.276 e. The maximum Gasteiger partial charge on any atom is 0.271 e. The molecule has 0 saturated carbocycles. The normalized spacial score (nSPS) is 12.3. The van der Waals surface area contributed by atoms with Gasteiger partial charge in [0, 0.05) is 13.5 Å². The van der Waals surface area contributed by atoms with Crippen LogP contribution in [0.3, 0.4) is 0 Å². The number of hydroxylamine groups is 4. The van der Waals surface area contributed by atoms with Crippen molar-refractivity contribution < 1.29 is 19.3 Å². The van der Waals surface area contributed by atoms with Gasteiger partial charge >= 0.3 is 0 Å². The van der Waals surface area contributed by atoms with E-state index in [2.05, 4.69) is 0 Å². The summed E-state index contributed by atoms with van der Waals surface area (Å²) < 4.78 is 0. The number of amides is 2. The number of carbonyl (C=O) groups excluding carboxylic acids is 2. The first-order valence-corrected chi connectivity index (χ1v) is 9.14. The van der Waals surface area contributed by atoms with Crippen LogP contribution in [0.2, 0.25) is 0 Å². The number of benzene rings is 2. The minimum Gasteiger partial charge on any atom is -0.276 e. The lowest BCUT2D eigenvalue weighted by molar-refractivity contribution is -0.239. The monoisotopic (exact) mass is 384 g/mol. The van der Waals surface area contributed by atoms with E-state index in [1.54, 1.807) is 0 Å². The molecule has 0 N–H and O–H groups in total. The Morgan fingerprint density at radius 2 is 1.61 bits per heavy atom. The smallest absolute Gasteiger partial charge is 0.271 e. The third kappa shape index (κ3) is 5.90. The first-order chi connectivity index (χ1) is 13.2. The van der Waals surface area contributed by atoms with Crippen molar-refractivity contribution in [2.75, 3.05) is 14.2 Å². The van der Waals surface area contributed by atoms with E-state index >= 15 is 0 Å². The molecular weight excluding hydrogens is 356 g/mol. The lowest BCUT2D eigenvalue weighted by atomic mass is 10.00. The van der Waals surface area contributed by atoms with Crippen molar-refractivity contribution in [2.45, 2.75) is 38.8 Å².